The summed E-state index contributed by atoms with van der Waals surface area (Å²) in [6, 6.07) is -0.532. The summed E-state index contributed by atoms with van der Waals surface area (Å²) in [6.45, 7) is 7.15. The Morgan fingerprint density at radius 1 is 1.12 bits per heavy atom. The molecule has 0 aromatic carbocycles. The van der Waals surface area contributed by atoms with Gasteiger partial charge in [-0.3, -0.25) is 13.6 Å². The number of phosphoric ester groups is 1. The average molecular weight is 398 g/mol. The molecule has 11 heteroatoms. The molecule has 1 aliphatic rings. The Labute approximate surface area is 151 Å². The monoisotopic (exact) mass is 398 g/mol. The highest BCUT2D eigenvalue weighted by Gasteiger charge is 2.44. The zero-order valence-electron chi connectivity index (χ0n) is 15.3. The van der Waals surface area contributed by atoms with Gasteiger partial charge in [0.05, 0.1) is 25.4 Å². The molecule has 0 amide bonds. The van der Waals surface area contributed by atoms with Crippen LogP contribution in [0.4, 0.5) is 0 Å². The molecule has 0 aliphatic carbocycles. The van der Waals surface area contributed by atoms with Gasteiger partial charge in [-0.1, -0.05) is 20.8 Å². The molecule has 1 aliphatic heterocycles. The number of phosphoric acid groups is 1. The average Bonchev–Trinajstić information content (AvgIpc) is 2.76. The summed E-state index contributed by atoms with van der Waals surface area (Å²) in [5, 5.41) is 0. The van der Waals surface area contributed by atoms with Crippen molar-refractivity contribution >= 4 is 23.3 Å². The van der Waals surface area contributed by atoms with E-state index in [2.05, 4.69) is 0 Å². The minimum atomic E-state index is -4.21. The van der Waals surface area contributed by atoms with E-state index in [9.17, 15) is 14.0 Å². The predicted octanol–water partition coefficient (Wildman–Crippen LogP) is 2.82. The first-order valence-electron chi connectivity index (χ1n) is 8.32. The van der Waals surface area contributed by atoms with Crippen LogP contribution in [0.15, 0.2) is 0 Å². The molecule has 1 saturated heterocycles. The topological polar surface area (TPSA) is 112 Å². The maximum atomic E-state index is 12.1. The third-order valence-electron chi connectivity index (χ3n) is 3.62. The lowest BCUT2D eigenvalue weighted by Gasteiger charge is -2.31. The van der Waals surface area contributed by atoms with E-state index < -0.39 is 33.6 Å². The summed E-state index contributed by atoms with van der Waals surface area (Å²) in [4.78, 5) is 18.8. The highest BCUT2D eigenvalue weighted by atomic mass is 31.2. The van der Waals surface area contributed by atoms with E-state index in [4.69, 9.17) is 31.0 Å². The van der Waals surface area contributed by atoms with Crippen LogP contribution in [0.25, 0.3) is 0 Å². The summed E-state index contributed by atoms with van der Waals surface area (Å²) in [6.07, 6.45) is 0.998. The van der Waals surface area contributed by atoms with E-state index >= 15 is 0 Å². The molecule has 0 aromatic rings. The quantitative estimate of drug-likeness (QED) is 0.328. The van der Waals surface area contributed by atoms with Crippen molar-refractivity contribution in [1.29, 1.82) is 0 Å². The van der Waals surface area contributed by atoms with Gasteiger partial charge >= 0.3 is 15.4 Å². The van der Waals surface area contributed by atoms with E-state index in [1.54, 1.807) is 0 Å². The van der Waals surface area contributed by atoms with Crippen LogP contribution >= 0.6 is 15.4 Å². The maximum Gasteiger partial charge on any atom is 0.472 e. The molecule has 2 N–H and O–H groups in total. The highest BCUT2D eigenvalue weighted by Crippen LogP contribution is 2.49. The van der Waals surface area contributed by atoms with Crippen LogP contribution in [0.3, 0.4) is 0 Å². The van der Waals surface area contributed by atoms with Crippen LogP contribution in [0.2, 0.25) is 0 Å². The predicted molar refractivity (Wildman–Crippen MR) is 94.7 cm³/mol. The molecule has 5 unspecified atom stereocenters. The Morgan fingerprint density at radius 3 is 2.20 bits per heavy atom. The number of hydrogen-bond donors (Lipinski definition) is 2. The molecule has 8 nitrogen and oxygen atoms in total. The Bertz CT molecular complexity index is 504. The fourth-order valence-electron chi connectivity index (χ4n) is 2.54. The number of rotatable bonds is 10. The molecule has 1 heterocycles. The standard InChI is InChI=1S/C14H29BO8P2/c1-14(2,3)13-11(10-12(15)22-13)23-25(18,19)21-9-7-5-6-8-20-24(4,16)17/h11-13H,5-10H2,1-4H3,(H,16,17)(H,18,19). The molecule has 25 heavy (non-hydrogen) atoms. The van der Waals surface area contributed by atoms with Crippen LogP contribution < -0.4 is 0 Å². The van der Waals surface area contributed by atoms with Crippen molar-refractivity contribution in [1.82, 2.24) is 0 Å². The van der Waals surface area contributed by atoms with E-state index in [1.807, 2.05) is 20.8 Å². The third kappa shape index (κ3) is 9.69. The van der Waals surface area contributed by atoms with Crippen molar-refractivity contribution in [3.8, 4) is 0 Å². The summed E-state index contributed by atoms with van der Waals surface area (Å²) in [5.74, 6) is 0. The fraction of sp³-hybridized carbons (Fsp3) is 1.00. The first-order valence-corrected chi connectivity index (χ1v) is 11.8. The molecular formula is C14H29BO8P2. The Morgan fingerprint density at radius 2 is 1.68 bits per heavy atom. The summed E-state index contributed by atoms with van der Waals surface area (Å²) >= 11 is 0. The summed E-state index contributed by atoms with van der Waals surface area (Å²) in [7, 11) is -1.89. The normalized spacial score (nSPS) is 29.3. The second-order valence-electron chi connectivity index (χ2n) is 7.34. The first-order chi connectivity index (χ1) is 11.3. The lowest BCUT2D eigenvalue weighted by Crippen LogP contribution is -2.36. The van der Waals surface area contributed by atoms with Crippen LogP contribution in [0.1, 0.15) is 46.5 Å². The molecule has 5 atom stereocenters. The molecule has 146 valence electrons. The van der Waals surface area contributed by atoms with Gasteiger partial charge in [0, 0.05) is 12.7 Å². The van der Waals surface area contributed by atoms with E-state index in [0.29, 0.717) is 25.7 Å². The van der Waals surface area contributed by atoms with Gasteiger partial charge in [-0.25, -0.2) is 4.57 Å². The molecule has 0 spiro atoms. The molecule has 0 aromatic heterocycles. The van der Waals surface area contributed by atoms with Gasteiger partial charge in [-0.15, -0.1) is 0 Å². The minimum absolute atomic E-state index is 0.0382. The van der Waals surface area contributed by atoms with Crippen molar-refractivity contribution in [2.75, 3.05) is 19.9 Å². The van der Waals surface area contributed by atoms with Crippen LogP contribution in [0, 0.1) is 5.41 Å². The van der Waals surface area contributed by atoms with E-state index in [-0.39, 0.29) is 18.6 Å². The van der Waals surface area contributed by atoms with Crippen molar-refractivity contribution in [2.24, 2.45) is 5.41 Å². The van der Waals surface area contributed by atoms with Gasteiger partial charge < -0.3 is 19.0 Å². The fourth-order valence-corrected chi connectivity index (χ4v) is 3.97. The largest absolute Gasteiger partial charge is 0.472 e. The molecule has 1 fully saturated rings. The van der Waals surface area contributed by atoms with Crippen LogP contribution in [-0.4, -0.2) is 55.7 Å². The Balaban J connectivity index is 2.31. The van der Waals surface area contributed by atoms with Gasteiger partial charge in [0.1, 0.15) is 7.85 Å². The van der Waals surface area contributed by atoms with Crippen LogP contribution in [-0.2, 0) is 27.4 Å². The van der Waals surface area contributed by atoms with Crippen molar-refractivity contribution < 1.29 is 37.2 Å². The molecule has 1 rings (SSSR count). The lowest BCUT2D eigenvalue weighted by molar-refractivity contribution is -0.0365. The van der Waals surface area contributed by atoms with Gasteiger partial charge in [0.25, 0.3) is 0 Å². The van der Waals surface area contributed by atoms with Gasteiger partial charge in [-0.05, 0) is 31.1 Å². The zero-order valence-corrected chi connectivity index (χ0v) is 17.1. The lowest BCUT2D eigenvalue weighted by atomic mass is 9.85. The maximum absolute atomic E-state index is 12.1. The van der Waals surface area contributed by atoms with E-state index in [1.165, 1.54) is 0 Å². The molecule has 0 bridgehead atoms. The van der Waals surface area contributed by atoms with Gasteiger partial charge in [0.2, 0.25) is 0 Å². The first kappa shape index (κ1) is 23.3. The summed E-state index contributed by atoms with van der Waals surface area (Å²) in [5.41, 5.74) is -0.287. The van der Waals surface area contributed by atoms with Gasteiger partial charge in [0.15, 0.2) is 0 Å². The second-order valence-corrected chi connectivity index (χ2v) is 10.6. The Kier molecular flexibility index (Phi) is 8.84. The van der Waals surface area contributed by atoms with Crippen molar-refractivity contribution in [3.05, 3.63) is 0 Å². The highest BCUT2D eigenvalue weighted by molar-refractivity contribution is 7.51. The molecule has 2 radical (unpaired) electrons. The summed E-state index contributed by atoms with van der Waals surface area (Å²) < 4.78 is 43.6. The zero-order chi connectivity index (χ0) is 19.3. The smallest absolute Gasteiger partial charge is 0.381 e. The number of hydrogen-bond acceptors (Lipinski definition) is 6. The number of unbranched alkanes of at least 4 members (excludes halogenated alkanes) is 2. The Hall–Kier alpha value is 0.285. The van der Waals surface area contributed by atoms with Crippen LogP contribution in [0.5, 0.6) is 0 Å². The SMILES string of the molecule is [B]C1CC(OP(=O)(O)OCCCCCOP(C)(=O)O)C(C(C)(C)C)O1. The van der Waals surface area contributed by atoms with E-state index in [0.717, 1.165) is 6.66 Å². The van der Waals surface area contributed by atoms with Crippen molar-refractivity contribution in [2.45, 2.75) is 64.7 Å². The third-order valence-corrected chi connectivity index (χ3v) is 5.33. The minimum Gasteiger partial charge on any atom is -0.381 e. The number of ether oxygens (including phenoxy) is 1. The van der Waals surface area contributed by atoms with Gasteiger partial charge in [-0.2, -0.15) is 0 Å². The second kappa shape index (κ2) is 9.47. The molecule has 0 saturated carbocycles. The molecular weight excluding hydrogens is 369 g/mol. The van der Waals surface area contributed by atoms with Crippen molar-refractivity contribution in [3.63, 3.8) is 0 Å².